The van der Waals surface area contributed by atoms with Gasteiger partial charge in [-0.2, -0.15) is 0 Å². The molecule has 0 aliphatic carbocycles. The summed E-state index contributed by atoms with van der Waals surface area (Å²) in [6.07, 6.45) is 3.65. The lowest BCUT2D eigenvalue weighted by atomic mass is 10.0. The summed E-state index contributed by atoms with van der Waals surface area (Å²) in [7, 11) is 0. The summed E-state index contributed by atoms with van der Waals surface area (Å²) in [6.45, 7) is 6.48. The normalized spacial score (nSPS) is 14.2. The Kier molecular flexibility index (Phi) is 5.21. The summed E-state index contributed by atoms with van der Waals surface area (Å²) in [5, 5.41) is 0.253. The highest BCUT2D eigenvalue weighted by molar-refractivity contribution is 7.99. The molecule has 2 aromatic rings. The van der Waals surface area contributed by atoms with Gasteiger partial charge in [-0.1, -0.05) is 26.0 Å². The number of thioether (sulfide) groups is 1. The molecule has 1 heterocycles. The van der Waals surface area contributed by atoms with Gasteiger partial charge >= 0.3 is 0 Å². The highest BCUT2D eigenvalue weighted by atomic mass is 32.2. The van der Waals surface area contributed by atoms with Gasteiger partial charge in [-0.3, -0.25) is 4.98 Å². The van der Waals surface area contributed by atoms with Gasteiger partial charge in [0, 0.05) is 28.6 Å². The Morgan fingerprint density at radius 1 is 0.900 bits per heavy atom. The molecule has 0 fully saturated rings. The molecule has 2 N–H and O–H groups in total. The van der Waals surface area contributed by atoms with Gasteiger partial charge in [0.2, 0.25) is 0 Å². The molecular weight excluding hydrogens is 264 g/mol. The minimum absolute atomic E-state index is 0.0900. The van der Waals surface area contributed by atoms with Gasteiger partial charge in [0.05, 0.1) is 0 Å². The van der Waals surface area contributed by atoms with Crippen LogP contribution in [0, 0.1) is 0 Å². The fraction of sp³-hybridized carbons (Fsp3) is 0.353. The van der Waals surface area contributed by atoms with Crippen molar-refractivity contribution in [3.8, 4) is 0 Å². The van der Waals surface area contributed by atoms with E-state index in [1.54, 1.807) is 0 Å². The van der Waals surface area contributed by atoms with E-state index in [-0.39, 0.29) is 11.3 Å². The molecule has 1 aromatic carbocycles. The summed E-state index contributed by atoms with van der Waals surface area (Å²) in [6, 6.07) is 13.0. The van der Waals surface area contributed by atoms with Crippen molar-refractivity contribution in [3.05, 3.63) is 59.9 Å². The molecule has 0 spiro atoms. The van der Waals surface area contributed by atoms with Crippen molar-refractivity contribution in [3.63, 3.8) is 0 Å². The maximum Gasteiger partial charge on any atom is 0.0493 e. The van der Waals surface area contributed by atoms with E-state index in [2.05, 4.69) is 50.0 Å². The SMILES string of the molecule is CC(C)c1ccc(SC(c2ccncc2)C(C)N)cc1. The van der Waals surface area contributed by atoms with Crippen LogP contribution in [0.1, 0.15) is 43.1 Å². The maximum absolute atomic E-state index is 6.15. The molecular formula is C17H22N2S. The number of hydrogen-bond acceptors (Lipinski definition) is 3. The second-order valence-corrected chi connectivity index (χ2v) is 6.62. The quantitative estimate of drug-likeness (QED) is 0.829. The Bertz CT molecular complexity index is 520. The topological polar surface area (TPSA) is 38.9 Å². The molecule has 20 heavy (non-hydrogen) atoms. The molecule has 0 saturated heterocycles. The molecule has 3 heteroatoms. The molecule has 2 atom stereocenters. The zero-order valence-electron chi connectivity index (χ0n) is 12.3. The first-order chi connectivity index (χ1) is 9.58. The second-order valence-electron chi connectivity index (χ2n) is 5.40. The molecule has 0 aliphatic heterocycles. The average Bonchev–Trinajstić information content (AvgIpc) is 2.46. The number of hydrogen-bond donors (Lipinski definition) is 1. The summed E-state index contributed by atoms with van der Waals surface area (Å²) < 4.78 is 0. The fourth-order valence-electron chi connectivity index (χ4n) is 2.11. The van der Waals surface area contributed by atoms with E-state index in [1.165, 1.54) is 16.0 Å². The molecule has 0 saturated carbocycles. The van der Waals surface area contributed by atoms with Crippen LogP contribution in [-0.2, 0) is 0 Å². The maximum atomic E-state index is 6.15. The Hall–Kier alpha value is -1.32. The van der Waals surface area contributed by atoms with Crippen LogP contribution in [0.3, 0.4) is 0 Å². The molecule has 0 aliphatic rings. The Balaban J connectivity index is 2.17. The smallest absolute Gasteiger partial charge is 0.0493 e. The molecule has 2 unspecified atom stereocenters. The highest BCUT2D eigenvalue weighted by Gasteiger charge is 2.17. The first kappa shape index (κ1) is 15.1. The lowest BCUT2D eigenvalue weighted by Gasteiger charge is -2.21. The van der Waals surface area contributed by atoms with E-state index in [0.29, 0.717) is 5.92 Å². The summed E-state index contributed by atoms with van der Waals surface area (Å²) in [4.78, 5) is 5.33. The summed E-state index contributed by atoms with van der Waals surface area (Å²) in [5.74, 6) is 0.568. The van der Waals surface area contributed by atoms with Gasteiger partial charge < -0.3 is 5.73 Å². The molecule has 0 amide bonds. The summed E-state index contributed by atoms with van der Waals surface area (Å²) >= 11 is 1.82. The van der Waals surface area contributed by atoms with Gasteiger partial charge in [0.15, 0.2) is 0 Å². The van der Waals surface area contributed by atoms with Gasteiger partial charge in [-0.15, -0.1) is 11.8 Å². The lowest BCUT2D eigenvalue weighted by molar-refractivity contribution is 0.720. The number of aromatic nitrogens is 1. The van der Waals surface area contributed by atoms with Crippen molar-refractivity contribution < 1.29 is 0 Å². The van der Waals surface area contributed by atoms with Crippen molar-refractivity contribution in [2.75, 3.05) is 0 Å². The molecule has 2 nitrogen and oxygen atoms in total. The van der Waals surface area contributed by atoms with Crippen molar-refractivity contribution in [1.29, 1.82) is 0 Å². The number of pyridine rings is 1. The van der Waals surface area contributed by atoms with Crippen LogP contribution in [0.2, 0.25) is 0 Å². The van der Waals surface area contributed by atoms with E-state index in [1.807, 2.05) is 36.3 Å². The van der Waals surface area contributed by atoms with E-state index in [4.69, 9.17) is 5.73 Å². The number of benzene rings is 1. The number of nitrogens with zero attached hydrogens (tertiary/aromatic N) is 1. The Labute approximate surface area is 125 Å². The van der Waals surface area contributed by atoms with Crippen molar-refractivity contribution in [2.45, 2.75) is 42.9 Å². The minimum Gasteiger partial charge on any atom is -0.327 e. The van der Waals surface area contributed by atoms with Gasteiger partial charge in [0.25, 0.3) is 0 Å². The third-order valence-electron chi connectivity index (χ3n) is 3.32. The first-order valence-corrected chi connectivity index (χ1v) is 7.88. The molecule has 2 rings (SSSR count). The fourth-order valence-corrected chi connectivity index (χ4v) is 3.20. The van der Waals surface area contributed by atoms with E-state index in [0.717, 1.165) is 0 Å². The Morgan fingerprint density at radius 2 is 1.50 bits per heavy atom. The summed E-state index contributed by atoms with van der Waals surface area (Å²) in [5.41, 5.74) is 8.75. The van der Waals surface area contributed by atoms with Crippen molar-refractivity contribution in [2.24, 2.45) is 5.73 Å². The monoisotopic (exact) mass is 286 g/mol. The minimum atomic E-state index is 0.0900. The largest absolute Gasteiger partial charge is 0.327 e. The Morgan fingerprint density at radius 3 is 2.00 bits per heavy atom. The third-order valence-corrected chi connectivity index (χ3v) is 4.82. The van der Waals surface area contributed by atoms with Crippen molar-refractivity contribution in [1.82, 2.24) is 4.98 Å². The highest BCUT2D eigenvalue weighted by Crippen LogP contribution is 2.37. The van der Waals surface area contributed by atoms with Gasteiger partial charge in [-0.25, -0.2) is 0 Å². The van der Waals surface area contributed by atoms with E-state index >= 15 is 0 Å². The standard InChI is InChI=1S/C17H22N2S/c1-12(2)14-4-6-16(7-5-14)20-17(13(3)18)15-8-10-19-11-9-15/h4-13,17H,18H2,1-3H3. The van der Waals surface area contributed by atoms with Crippen LogP contribution in [0.5, 0.6) is 0 Å². The van der Waals surface area contributed by atoms with Crippen LogP contribution < -0.4 is 5.73 Å². The number of nitrogens with two attached hydrogens (primary N) is 1. The van der Waals surface area contributed by atoms with Crippen LogP contribution in [-0.4, -0.2) is 11.0 Å². The average molecular weight is 286 g/mol. The van der Waals surface area contributed by atoms with Crippen molar-refractivity contribution >= 4 is 11.8 Å². The number of rotatable bonds is 5. The lowest BCUT2D eigenvalue weighted by Crippen LogP contribution is -2.22. The predicted molar refractivity (Wildman–Crippen MR) is 87.0 cm³/mol. The van der Waals surface area contributed by atoms with E-state index in [9.17, 15) is 0 Å². The second kappa shape index (κ2) is 6.91. The van der Waals surface area contributed by atoms with Crippen LogP contribution >= 0.6 is 11.8 Å². The predicted octanol–water partition coefficient (Wildman–Crippen LogP) is 4.39. The van der Waals surface area contributed by atoms with Crippen LogP contribution in [0.25, 0.3) is 0 Å². The zero-order chi connectivity index (χ0) is 14.5. The zero-order valence-corrected chi connectivity index (χ0v) is 13.1. The van der Waals surface area contributed by atoms with Gasteiger partial charge in [0.1, 0.15) is 0 Å². The van der Waals surface area contributed by atoms with E-state index < -0.39 is 0 Å². The molecule has 0 radical (unpaired) electrons. The van der Waals surface area contributed by atoms with Gasteiger partial charge in [-0.05, 0) is 48.2 Å². The third kappa shape index (κ3) is 3.84. The van der Waals surface area contributed by atoms with Crippen LogP contribution in [0.4, 0.5) is 0 Å². The molecule has 106 valence electrons. The molecule has 0 bridgehead atoms. The first-order valence-electron chi connectivity index (χ1n) is 7.00. The van der Waals surface area contributed by atoms with Crippen LogP contribution in [0.15, 0.2) is 53.7 Å². The molecule has 1 aromatic heterocycles.